The average Bonchev–Trinajstić information content (AvgIpc) is 2.67. The van der Waals surface area contributed by atoms with E-state index in [9.17, 15) is 0 Å². The van der Waals surface area contributed by atoms with Crippen molar-refractivity contribution in [2.45, 2.75) is 48.8 Å². The highest BCUT2D eigenvalue weighted by atomic mass is 32.2. The summed E-state index contributed by atoms with van der Waals surface area (Å²) in [4.78, 5) is 0. The Morgan fingerprint density at radius 3 is 2.44 bits per heavy atom. The topological polar surface area (TPSA) is 12.0 Å². The van der Waals surface area contributed by atoms with Crippen molar-refractivity contribution in [2.24, 2.45) is 0 Å². The quantitative estimate of drug-likeness (QED) is 0.860. The van der Waals surface area contributed by atoms with Crippen molar-refractivity contribution in [3.8, 4) is 0 Å². The first kappa shape index (κ1) is 10.7. The molecule has 86 valence electrons. The van der Waals surface area contributed by atoms with Crippen LogP contribution in [-0.2, 0) is 5.75 Å². The molecule has 0 aliphatic carbocycles. The molecule has 1 N–H and O–H groups in total. The fourth-order valence-corrected chi connectivity index (χ4v) is 4.29. The first-order valence-electron chi connectivity index (χ1n) is 6.32. The van der Waals surface area contributed by atoms with E-state index in [1.54, 1.807) is 0 Å². The lowest BCUT2D eigenvalue weighted by Crippen LogP contribution is -2.39. The van der Waals surface area contributed by atoms with Crippen LogP contribution in [0.25, 0.3) is 0 Å². The minimum absolute atomic E-state index is 0.826. The van der Waals surface area contributed by atoms with Gasteiger partial charge in [-0.1, -0.05) is 30.3 Å². The summed E-state index contributed by atoms with van der Waals surface area (Å²) in [6, 6.07) is 12.5. The zero-order valence-corrected chi connectivity index (χ0v) is 10.4. The molecule has 1 nitrogen and oxygen atoms in total. The molecule has 1 aromatic rings. The van der Waals surface area contributed by atoms with E-state index in [2.05, 4.69) is 47.4 Å². The van der Waals surface area contributed by atoms with E-state index in [0.29, 0.717) is 0 Å². The SMILES string of the molecule is c1ccc(CSC2C[C@H]3CC[C@@H](C2)N3)cc1. The van der Waals surface area contributed by atoms with Crippen molar-refractivity contribution in [3.05, 3.63) is 35.9 Å². The highest BCUT2D eigenvalue weighted by Crippen LogP contribution is 2.34. The van der Waals surface area contributed by atoms with E-state index in [-0.39, 0.29) is 0 Å². The van der Waals surface area contributed by atoms with Crippen LogP contribution in [0.4, 0.5) is 0 Å². The highest BCUT2D eigenvalue weighted by Gasteiger charge is 2.33. The number of hydrogen-bond donors (Lipinski definition) is 1. The first-order chi connectivity index (χ1) is 7.90. The van der Waals surface area contributed by atoms with E-state index < -0.39 is 0 Å². The van der Waals surface area contributed by atoms with E-state index in [1.165, 1.54) is 37.0 Å². The lowest BCUT2D eigenvalue weighted by molar-refractivity contribution is 0.415. The van der Waals surface area contributed by atoms with E-state index >= 15 is 0 Å². The van der Waals surface area contributed by atoms with Crippen molar-refractivity contribution in [1.29, 1.82) is 0 Å². The van der Waals surface area contributed by atoms with Crippen LogP contribution in [0.3, 0.4) is 0 Å². The molecule has 2 bridgehead atoms. The molecule has 0 aromatic heterocycles. The third kappa shape index (κ3) is 2.44. The van der Waals surface area contributed by atoms with E-state index in [1.807, 2.05) is 0 Å². The summed E-state index contributed by atoms with van der Waals surface area (Å²) in [6.07, 6.45) is 5.59. The molecular formula is C14H19NS. The Bertz CT molecular complexity index is 326. The first-order valence-corrected chi connectivity index (χ1v) is 7.36. The van der Waals surface area contributed by atoms with Crippen molar-refractivity contribution >= 4 is 11.8 Å². The lowest BCUT2D eigenvalue weighted by atomic mass is 10.1. The predicted molar refractivity (Wildman–Crippen MR) is 70.7 cm³/mol. The second-order valence-electron chi connectivity index (χ2n) is 5.03. The molecule has 1 aromatic carbocycles. The standard InChI is InChI=1S/C14H19NS/c1-2-4-11(5-3-1)10-16-14-8-12-6-7-13(9-14)15-12/h1-5,12-15H,6-10H2/t12-,13+,14?. The molecule has 2 heteroatoms. The smallest absolute Gasteiger partial charge is 0.0187 e. The zero-order chi connectivity index (χ0) is 10.8. The van der Waals surface area contributed by atoms with Gasteiger partial charge in [-0.2, -0.15) is 11.8 Å². The van der Waals surface area contributed by atoms with E-state index in [4.69, 9.17) is 0 Å². The van der Waals surface area contributed by atoms with Gasteiger partial charge in [0.05, 0.1) is 0 Å². The van der Waals surface area contributed by atoms with Crippen molar-refractivity contribution < 1.29 is 0 Å². The summed E-state index contributed by atoms with van der Waals surface area (Å²) >= 11 is 2.16. The van der Waals surface area contributed by atoms with Gasteiger partial charge < -0.3 is 5.32 Å². The Hall–Kier alpha value is -0.470. The van der Waals surface area contributed by atoms with Crippen LogP contribution < -0.4 is 5.32 Å². The normalized spacial score (nSPS) is 32.9. The maximum absolute atomic E-state index is 3.71. The summed E-state index contributed by atoms with van der Waals surface area (Å²) in [5.74, 6) is 1.19. The Kier molecular flexibility index (Phi) is 3.20. The molecule has 0 radical (unpaired) electrons. The largest absolute Gasteiger partial charge is 0.311 e. The van der Waals surface area contributed by atoms with Gasteiger partial charge >= 0.3 is 0 Å². The van der Waals surface area contributed by atoms with Crippen LogP contribution in [-0.4, -0.2) is 17.3 Å². The molecule has 2 heterocycles. The van der Waals surface area contributed by atoms with Crippen LogP contribution in [0.1, 0.15) is 31.2 Å². The lowest BCUT2D eigenvalue weighted by Gasteiger charge is -2.28. The minimum Gasteiger partial charge on any atom is -0.311 e. The number of piperidine rings is 1. The number of fused-ring (bicyclic) bond motifs is 2. The molecule has 16 heavy (non-hydrogen) atoms. The van der Waals surface area contributed by atoms with Crippen molar-refractivity contribution in [3.63, 3.8) is 0 Å². The van der Waals surface area contributed by atoms with Gasteiger partial charge in [-0.15, -0.1) is 0 Å². The van der Waals surface area contributed by atoms with Crippen LogP contribution in [0, 0.1) is 0 Å². The summed E-state index contributed by atoms with van der Waals surface area (Å²) in [6.45, 7) is 0. The molecule has 0 amide bonds. The maximum atomic E-state index is 3.71. The molecule has 0 spiro atoms. The van der Waals surface area contributed by atoms with Crippen LogP contribution in [0.5, 0.6) is 0 Å². The molecule has 2 fully saturated rings. The third-order valence-corrected chi connectivity index (χ3v) is 5.11. The second kappa shape index (κ2) is 4.80. The molecule has 2 aliphatic rings. The Morgan fingerprint density at radius 2 is 1.75 bits per heavy atom. The van der Waals surface area contributed by atoms with Crippen molar-refractivity contribution in [2.75, 3.05) is 0 Å². The van der Waals surface area contributed by atoms with Gasteiger partial charge in [0.15, 0.2) is 0 Å². The summed E-state index contributed by atoms with van der Waals surface area (Å²) < 4.78 is 0. The van der Waals surface area contributed by atoms with Crippen LogP contribution in [0.2, 0.25) is 0 Å². The van der Waals surface area contributed by atoms with Gasteiger partial charge in [-0.3, -0.25) is 0 Å². The summed E-state index contributed by atoms with van der Waals surface area (Å²) in [7, 11) is 0. The molecule has 2 aliphatic heterocycles. The maximum Gasteiger partial charge on any atom is 0.0187 e. The van der Waals surface area contributed by atoms with Crippen molar-refractivity contribution in [1.82, 2.24) is 5.32 Å². The molecular weight excluding hydrogens is 214 g/mol. The minimum atomic E-state index is 0.826. The van der Waals surface area contributed by atoms with Crippen LogP contribution >= 0.6 is 11.8 Å². The number of nitrogens with one attached hydrogen (secondary N) is 1. The zero-order valence-electron chi connectivity index (χ0n) is 9.56. The Balaban J connectivity index is 1.52. The van der Waals surface area contributed by atoms with Gasteiger partial charge in [0.25, 0.3) is 0 Å². The molecule has 3 atom stereocenters. The second-order valence-corrected chi connectivity index (χ2v) is 6.32. The molecule has 1 unspecified atom stereocenters. The van der Waals surface area contributed by atoms with Gasteiger partial charge in [0, 0.05) is 23.1 Å². The van der Waals surface area contributed by atoms with Gasteiger partial charge in [0.1, 0.15) is 0 Å². The number of benzene rings is 1. The molecule has 0 saturated carbocycles. The highest BCUT2D eigenvalue weighted by molar-refractivity contribution is 7.99. The summed E-state index contributed by atoms with van der Waals surface area (Å²) in [5.41, 5.74) is 1.47. The summed E-state index contributed by atoms with van der Waals surface area (Å²) in [5, 5.41) is 4.59. The third-order valence-electron chi connectivity index (χ3n) is 3.76. The fraction of sp³-hybridized carbons (Fsp3) is 0.571. The average molecular weight is 233 g/mol. The molecule has 3 rings (SSSR count). The van der Waals surface area contributed by atoms with Gasteiger partial charge in [-0.05, 0) is 31.2 Å². The Labute approximate surface area is 102 Å². The molecule has 2 saturated heterocycles. The van der Waals surface area contributed by atoms with Gasteiger partial charge in [0.2, 0.25) is 0 Å². The Morgan fingerprint density at radius 1 is 1.06 bits per heavy atom. The predicted octanol–water partition coefficient (Wildman–Crippen LogP) is 3.20. The van der Waals surface area contributed by atoms with E-state index in [0.717, 1.165) is 17.3 Å². The number of thioether (sulfide) groups is 1. The fourth-order valence-electron chi connectivity index (χ4n) is 2.93. The number of rotatable bonds is 3. The monoisotopic (exact) mass is 233 g/mol. The van der Waals surface area contributed by atoms with Crippen LogP contribution in [0.15, 0.2) is 30.3 Å². The van der Waals surface area contributed by atoms with Gasteiger partial charge in [-0.25, -0.2) is 0 Å². The number of hydrogen-bond acceptors (Lipinski definition) is 2.